The van der Waals surface area contributed by atoms with Gasteiger partial charge in [0, 0.05) is 18.3 Å². The fourth-order valence-corrected chi connectivity index (χ4v) is 0.947. The van der Waals surface area contributed by atoms with Crippen LogP contribution in [0.15, 0.2) is 18.6 Å². The lowest BCUT2D eigenvalue weighted by molar-refractivity contribution is 0.991. The standard InChI is InChI=1S/C7H10N4/c8-5-3-6(5)11-7-1-2-9-4-10-7/h1-2,4-6H,3,8H2,(H,9,10,11). The summed E-state index contributed by atoms with van der Waals surface area (Å²) in [5.74, 6) is 0.859. The molecule has 58 valence electrons. The molecule has 11 heavy (non-hydrogen) atoms. The van der Waals surface area contributed by atoms with Gasteiger partial charge in [-0.2, -0.15) is 0 Å². The summed E-state index contributed by atoms with van der Waals surface area (Å²) in [6, 6.07) is 2.57. The van der Waals surface area contributed by atoms with Crippen LogP contribution in [0.3, 0.4) is 0 Å². The maximum Gasteiger partial charge on any atom is 0.129 e. The molecule has 1 aliphatic carbocycles. The molecule has 1 heterocycles. The van der Waals surface area contributed by atoms with Gasteiger partial charge < -0.3 is 11.1 Å². The molecule has 0 aromatic carbocycles. The molecule has 2 unspecified atom stereocenters. The van der Waals surface area contributed by atoms with Crippen LogP contribution in [-0.2, 0) is 0 Å². The van der Waals surface area contributed by atoms with Crippen molar-refractivity contribution in [3.05, 3.63) is 18.6 Å². The summed E-state index contributed by atoms with van der Waals surface area (Å²) in [6.07, 6.45) is 4.28. The van der Waals surface area contributed by atoms with E-state index in [1.807, 2.05) is 6.07 Å². The smallest absolute Gasteiger partial charge is 0.129 e. The summed E-state index contributed by atoms with van der Waals surface area (Å²) in [5, 5.41) is 3.19. The van der Waals surface area contributed by atoms with Crippen molar-refractivity contribution in [2.45, 2.75) is 18.5 Å². The first kappa shape index (κ1) is 6.54. The Morgan fingerprint density at radius 3 is 3.00 bits per heavy atom. The van der Waals surface area contributed by atoms with Gasteiger partial charge in [0.2, 0.25) is 0 Å². The van der Waals surface area contributed by atoms with Crippen molar-refractivity contribution in [2.75, 3.05) is 5.32 Å². The van der Waals surface area contributed by atoms with Gasteiger partial charge in [0.05, 0.1) is 0 Å². The molecule has 1 saturated carbocycles. The van der Waals surface area contributed by atoms with E-state index in [0.29, 0.717) is 12.1 Å². The van der Waals surface area contributed by atoms with Crippen molar-refractivity contribution in [2.24, 2.45) is 5.73 Å². The molecule has 0 radical (unpaired) electrons. The van der Waals surface area contributed by atoms with Crippen molar-refractivity contribution in [1.29, 1.82) is 0 Å². The molecule has 0 aliphatic heterocycles. The molecule has 1 aromatic heterocycles. The first-order valence-electron chi connectivity index (χ1n) is 3.64. The van der Waals surface area contributed by atoms with E-state index in [1.165, 1.54) is 6.33 Å². The molecule has 0 saturated heterocycles. The van der Waals surface area contributed by atoms with Crippen LogP contribution in [0.1, 0.15) is 6.42 Å². The number of nitrogens with two attached hydrogens (primary N) is 1. The Labute approximate surface area is 64.8 Å². The molecule has 4 nitrogen and oxygen atoms in total. The van der Waals surface area contributed by atoms with Crippen molar-refractivity contribution < 1.29 is 0 Å². The van der Waals surface area contributed by atoms with Gasteiger partial charge in [-0.3, -0.25) is 0 Å². The zero-order valence-corrected chi connectivity index (χ0v) is 6.07. The summed E-state index contributed by atoms with van der Waals surface area (Å²) in [7, 11) is 0. The van der Waals surface area contributed by atoms with Gasteiger partial charge in [0.1, 0.15) is 12.1 Å². The highest BCUT2D eigenvalue weighted by molar-refractivity contribution is 5.36. The summed E-state index contributed by atoms with van der Waals surface area (Å²) in [4.78, 5) is 7.83. The number of anilines is 1. The van der Waals surface area contributed by atoms with E-state index in [9.17, 15) is 0 Å². The van der Waals surface area contributed by atoms with Crippen LogP contribution in [0.2, 0.25) is 0 Å². The van der Waals surface area contributed by atoms with Crippen LogP contribution in [0.4, 0.5) is 5.82 Å². The Bertz CT molecular complexity index is 235. The summed E-state index contributed by atoms with van der Waals surface area (Å²) < 4.78 is 0. The zero-order chi connectivity index (χ0) is 7.68. The largest absolute Gasteiger partial charge is 0.366 e. The molecule has 0 amide bonds. The van der Waals surface area contributed by atoms with Crippen LogP contribution in [0.25, 0.3) is 0 Å². The minimum absolute atomic E-state index is 0.310. The molecular formula is C7H10N4. The predicted molar refractivity (Wildman–Crippen MR) is 42.0 cm³/mol. The second kappa shape index (κ2) is 2.47. The quantitative estimate of drug-likeness (QED) is 0.622. The van der Waals surface area contributed by atoms with Gasteiger partial charge in [-0.15, -0.1) is 0 Å². The van der Waals surface area contributed by atoms with E-state index in [4.69, 9.17) is 5.73 Å². The van der Waals surface area contributed by atoms with E-state index in [-0.39, 0.29) is 0 Å². The van der Waals surface area contributed by atoms with E-state index in [1.54, 1.807) is 6.20 Å². The zero-order valence-electron chi connectivity index (χ0n) is 6.07. The van der Waals surface area contributed by atoms with Gasteiger partial charge in [0.25, 0.3) is 0 Å². The highest BCUT2D eigenvalue weighted by Crippen LogP contribution is 2.21. The SMILES string of the molecule is NC1CC1Nc1ccncn1. The average molecular weight is 150 g/mol. The maximum absolute atomic E-state index is 5.61. The van der Waals surface area contributed by atoms with Crippen LogP contribution in [0.5, 0.6) is 0 Å². The number of nitrogens with one attached hydrogen (secondary N) is 1. The normalized spacial score (nSPS) is 28.1. The Balaban J connectivity index is 1.97. The van der Waals surface area contributed by atoms with E-state index < -0.39 is 0 Å². The van der Waals surface area contributed by atoms with Gasteiger partial charge in [-0.1, -0.05) is 0 Å². The first-order valence-corrected chi connectivity index (χ1v) is 3.64. The summed E-state index contributed by atoms with van der Waals surface area (Å²) >= 11 is 0. The summed E-state index contributed by atoms with van der Waals surface area (Å²) in [6.45, 7) is 0. The van der Waals surface area contributed by atoms with E-state index in [2.05, 4.69) is 15.3 Å². The fraction of sp³-hybridized carbons (Fsp3) is 0.429. The highest BCUT2D eigenvalue weighted by Gasteiger charge is 2.33. The number of aromatic nitrogens is 2. The average Bonchev–Trinajstić information content (AvgIpc) is 2.69. The minimum Gasteiger partial charge on any atom is -0.366 e. The molecule has 3 N–H and O–H groups in total. The number of hydrogen-bond donors (Lipinski definition) is 2. The Morgan fingerprint density at radius 2 is 2.45 bits per heavy atom. The third-order valence-corrected chi connectivity index (χ3v) is 1.76. The molecule has 0 bridgehead atoms. The molecule has 2 atom stereocenters. The highest BCUT2D eigenvalue weighted by atomic mass is 15.1. The molecule has 2 rings (SSSR count). The maximum atomic E-state index is 5.61. The second-order valence-electron chi connectivity index (χ2n) is 2.75. The van der Waals surface area contributed by atoms with Gasteiger partial charge >= 0.3 is 0 Å². The molecular weight excluding hydrogens is 140 g/mol. The molecule has 1 aliphatic rings. The minimum atomic E-state index is 0.310. The van der Waals surface area contributed by atoms with Crippen LogP contribution in [-0.4, -0.2) is 22.1 Å². The van der Waals surface area contributed by atoms with E-state index >= 15 is 0 Å². The third kappa shape index (κ3) is 1.46. The number of hydrogen-bond acceptors (Lipinski definition) is 4. The lowest BCUT2D eigenvalue weighted by Crippen LogP contribution is -2.13. The fourth-order valence-electron chi connectivity index (χ4n) is 0.947. The Kier molecular flexibility index (Phi) is 1.47. The third-order valence-electron chi connectivity index (χ3n) is 1.76. The van der Waals surface area contributed by atoms with Gasteiger partial charge in [-0.05, 0) is 12.5 Å². The van der Waals surface area contributed by atoms with Crippen LogP contribution < -0.4 is 11.1 Å². The van der Waals surface area contributed by atoms with Crippen LogP contribution in [0, 0.1) is 0 Å². The van der Waals surface area contributed by atoms with Gasteiger partial charge in [-0.25, -0.2) is 9.97 Å². The van der Waals surface area contributed by atoms with Gasteiger partial charge in [0.15, 0.2) is 0 Å². The predicted octanol–water partition coefficient (Wildman–Crippen LogP) is -0.0119. The molecule has 1 aromatic rings. The van der Waals surface area contributed by atoms with Crippen LogP contribution >= 0.6 is 0 Å². The summed E-state index contributed by atoms with van der Waals surface area (Å²) in [5.41, 5.74) is 5.61. The molecule has 0 spiro atoms. The first-order chi connectivity index (χ1) is 5.36. The Hall–Kier alpha value is -1.16. The van der Waals surface area contributed by atoms with Crippen molar-refractivity contribution in [1.82, 2.24) is 9.97 Å². The van der Waals surface area contributed by atoms with Crippen molar-refractivity contribution in [3.63, 3.8) is 0 Å². The molecule has 1 fully saturated rings. The monoisotopic (exact) mass is 150 g/mol. The van der Waals surface area contributed by atoms with E-state index in [0.717, 1.165) is 12.2 Å². The number of rotatable bonds is 2. The second-order valence-corrected chi connectivity index (χ2v) is 2.75. The topological polar surface area (TPSA) is 63.8 Å². The Morgan fingerprint density at radius 1 is 1.64 bits per heavy atom. The van der Waals surface area contributed by atoms with Crippen molar-refractivity contribution in [3.8, 4) is 0 Å². The number of nitrogens with zero attached hydrogens (tertiary/aromatic N) is 2. The van der Waals surface area contributed by atoms with Crippen molar-refractivity contribution >= 4 is 5.82 Å². The lowest BCUT2D eigenvalue weighted by atomic mass is 10.5. The molecule has 4 heteroatoms. The lowest BCUT2D eigenvalue weighted by Gasteiger charge is -2.00.